The molecule has 0 saturated heterocycles. The molecule has 18 heavy (non-hydrogen) atoms. The van der Waals surface area contributed by atoms with Crippen molar-refractivity contribution in [3.63, 3.8) is 0 Å². The third-order valence-electron chi connectivity index (χ3n) is 2.39. The first-order chi connectivity index (χ1) is 8.52. The fraction of sp³-hybridized carbons (Fsp3) is 0.357. The number of rotatable bonds is 5. The molecule has 0 spiro atoms. The number of carbonyl (C=O) groups is 1. The maximum atomic E-state index is 11.9. The number of hydrogen-bond donors (Lipinski definition) is 0. The average molecular weight is 266 g/mol. The van der Waals surface area contributed by atoms with E-state index in [2.05, 4.69) is 0 Å². The van der Waals surface area contributed by atoms with Crippen molar-refractivity contribution in [2.45, 2.75) is 38.2 Å². The first kappa shape index (κ1) is 14.6. The summed E-state index contributed by atoms with van der Waals surface area (Å²) in [4.78, 5) is 11.6. The van der Waals surface area contributed by atoms with Crippen LogP contribution in [0.4, 0.5) is 0 Å². The van der Waals surface area contributed by atoms with Crippen LogP contribution in [0.5, 0.6) is 0 Å². The van der Waals surface area contributed by atoms with Gasteiger partial charge in [0.25, 0.3) is 0 Å². The van der Waals surface area contributed by atoms with Gasteiger partial charge in [-0.2, -0.15) is 0 Å². The van der Waals surface area contributed by atoms with Gasteiger partial charge >= 0.3 is 5.97 Å². The van der Waals surface area contributed by atoms with E-state index in [1.165, 1.54) is 6.92 Å². The van der Waals surface area contributed by atoms with Crippen LogP contribution in [0.1, 0.15) is 25.8 Å². The van der Waals surface area contributed by atoms with Crippen LogP contribution in [-0.4, -0.2) is 16.3 Å². The van der Waals surface area contributed by atoms with Gasteiger partial charge in [-0.3, -0.25) is 4.79 Å². The lowest BCUT2D eigenvalue weighted by Crippen LogP contribution is -2.12. The Labute approximate surface area is 110 Å². The van der Waals surface area contributed by atoms with Crippen molar-refractivity contribution in [2.24, 2.45) is 0 Å². The number of aryl methyl sites for hydroxylation is 1. The molecule has 0 amide bonds. The Bertz CT molecular complexity index is 449. The van der Waals surface area contributed by atoms with Gasteiger partial charge in [0.15, 0.2) is 0 Å². The van der Waals surface area contributed by atoms with Crippen molar-refractivity contribution >= 4 is 16.8 Å². The Morgan fingerprint density at radius 2 is 2.00 bits per heavy atom. The van der Waals surface area contributed by atoms with Crippen LogP contribution in [0.2, 0.25) is 0 Å². The van der Waals surface area contributed by atoms with Crippen molar-refractivity contribution in [1.29, 1.82) is 0 Å². The van der Waals surface area contributed by atoms with Gasteiger partial charge < -0.3 is 4.74 Å². The standard InChI is InChI=1S/C14H18O3S/c1-4-13(17-12(3)15)9-10-18(16)14-7-5-11(2)6-8-14/h5-10,13H,4H2,1-3H3/b10-9+/t13-,18-/m1/s1. The fourth-order valence-corrected chi connectivity index (χ4v) is 2.26. The maximum Gasteiger partial charge on any atom is 0.303 e. The Morgan fingerprint density at radius 3 is 2.50 bits per heavy atom. The molecule has 0 aromatic heterocycles. The zero-order chi connectivity index (χ0) is 13.5. The number of benzene rings is 1. The largest absolute Gasteiger partial charge is 0.458 e. The summed E-state index contributed by atoms with van der Waals surface area (Å²) in [5.41, 5.74) is 1.13. The zero-order valence-electron chi connectivity index (χ0n) is 10.9. The van der Waals surface area contributed by atoms with E-state index in [9.17, 15) is 9.00 Å². The van der Waals surface area contributed by atoms with E-state index in [1.807, 2.05) is 38.1 Å². The molecular formula is C14H18O3S. The highest BCUT2D eigenvalue weighted by atomic mass is 32.2. The molecule has 1 aromatic carbocycles. The number of hydrogen-bond acceptors (Lipinski definition) is 3. The topological polar surface area (TPSA) is 43.4 Å². The molecular weight excluding hydrogens is 248 g/mol. The summed E-state index contributed by atoms with van der Waals surface area (Å²) in [5.74, 6) is -0.326. The Morgan fingerprint density at radius 1 is 1.39 bits per heavy atom. The molecule has 0 bridgehead atoms. The quantitative estimate of drug-likeness (QED) is 0.770. The molecule has 0 aliphatic heterocycles. The molecule has 0 aliphatic rings. The maximum absolute atomic E-state index is 11.9. The van der Waals surface area contributed by atoms with Gasteiger partial charge in [-0.05, 0) is 31.6 Å². The smallest absolute Gasteiger partial charge is 0.303 e. The minimum Gasteiger partial charge on any atom is -0.458 e. The number of ether oxygens (including phenoxy) is 1. The fourth-order valence-electron chi connectivity index (χ4n) is 1.38. The summed E-state index contributed by atoms with van der Waals surface area (Å²) in [7, 11) is -1.20. The number of esters is 1. The van der Waals surface area contributed by atoms with Gasteiger partial charge in [0, 0.05) is 17.2 Å². The lowest BCUT2D eigenvalue weighted by molar-refractivity contribution is -0.144. The molecule has 0 heterocycles. The normalized spacial score (nSPS) is 14.4. The summed E-state index contributed by atoms with van der Waals surface area (Å²) >= 11 is 0. The predicted octanol–water partition coefficient (Wildman–Crippen LogP) is 2.96. The van der Waals surface area contributed by atoms with Gasteiger partial charge in [0.2, 0.25) is 0 Å². The zero-order valence-corrected chi connectivity index (χ0v) is 11.7. The van der Waals surface area contributed by atoms with Crippen LogP contribution in [0.3, 0.4) is 0 Å². The average Bonchev–Trinajstić information content (AvgIpc) is 2.34. The molecule has 1 aromatic rings. The molecule has 0 saturated carbocycles. The minimum atomic E-state index is -1.20. The Balaban J connectivity index is 2.68. The van der Waals surface area contributed by atoms with Gasteiger partial charge in [-0.25, -0.2) is 4.21 Å². The molecule has 0 N–H and O–H groups in total. The first-order valence-corrected chi connectivity index (χ1v) is 7.07. The van der Waals surface area contributed by atoms with Crippen molar-refractivity contribution < 1.29 is 13.7 Å². The molecule has 0 aliphatic carbocycles. The summed E-state index contributed by atoms with van der Waals surface area (Å²) in [6, 6.07) is 7.51. The minimum absolute atomic E-state index is 0.308. The van der Waals surface area contributed by atoms with E-state index in [0.29, 0.717) is 6.42 Å². The van der Waals surface area contributed by atoms with E-state index in [1.54, 1.807) is 11.5 Å². The Hall–Kier alpha value is -1.42. The van der Waals surface area contributed by atoms with Crippen LogP contribution in [-0.2, 0) is 20.3 Å². The molecule has 0 radical (unpaired) electrons. The van der Waals surface area contributed by atoms with Gasteiger partial charge in [0.05, 0.1) is 10.8 Å². The summed E-state index contributed by atoms with van der Waals surface area (Å²) in [6.45, 7) is 5.26. The number of carbonyl (C=O) groups excluding carboxylic acids is 1. The second-order valence-electron chi connectivity index (χ2n) is 4.00. The monoisotopic (exact) mass is 266 g/mol. The van der Waals surface area contributed by atoms with Crippen LogP contribution >= 0.6 is 0 Å². The second kappa shape index (κ2) is 7.11. The highest BCUT2D eigenvalue weighted by Gasteiger charge is 2.06. The molecule has 4 heteroatoms. The molecule has 1 rings (SSSR count). The van der Waals surface area contributed by atoms with E-state index in [-0.39, 0.29) is 12.1 Å². The summed E-state index contributed by atoms with van der Waals surface area (Å²) in [5, 5.41) is 1.57. The van der Waals surface area contributed by atoms with E-state index in [4.69, 9.17) is 4.74 Å². The second-order valence-corrected chi connectivity index (χ2v) is 5.33. The molecule has 2 atom stereocenters. The van der Waals surface area contributed by atoms with Crippen LogP contribution in [0, 0.1) is 6.92 Å². The van der Waals surface area contributed by atoms with Crippen LogP contribution in [0.25, 0.3) is 0 Å². The third kappa shape index (κ3) is 4.84. The van der Waals surface area contributed by atoms with Crippen molar-refractivity contribution in [3.8, 4) is 0 Å². The van der Waals surface area contributed by atoms with Crippen LogP contribution in [0.15, 0.2) is 40.6 Å². The summed E-state index contributed by atoms with van der Waals surface area (Å²) in [6.07, 6.45) is 2.04. The molecule has 3 nitrogen and oxygen atoms in total. The van der Waals surface area contributed by atoms with Crippen molar-refractivity contribution in [1.82, 2.24) is 0 Å². The first-order valence-electron chi connectivity index (χ1n) is 5.85. The molecule has 0 fully saturated rings. The van der Waals surface area contributed by atoms with Gasteiger partial charge in [0.1, 0.15) is 6.10 Å². The van der Waals surface area contributed by atoms with E-state index in [0.717, 1.165) is 10.5 Å². The lowest BCUT2D eigenvalue weighted by atomic mass is 10.2. The third-order valence-corrected chi connectivity index (χ3v) is 3.53. The van der Waals surface area contributed by atoms with Crippen molar-refractivity contribution in [2.75, 3.05) is 0 Å². The van der Waals surface area contributed by atoms with Gasteiger partial charge in [-0.1, -0.05) is 24.6 Å². The van der Waals surface area contributed by atoms with Crippen molar-refractivity contribution in [3.05, 3.63) is 41.3 Å². The predicted molar refractivity (Wildman–Crippen MR) is 72.6 cm³/mol. The SMILES string of the molecule is CC[C@H](/C=C/[S@@](=O)c1ccc(C)cc1)OC(C)=O. The highest BCUT2D eigenvalue weighted by Crippen LogP contribution is 2.10. The Kier molecular flexibility index (Phi) is 5.78. The van der Waals surface area contributed by atoms with Gasteiger partial charge in [-0.15, -0.1) is 0 Å². The lowest BCUT2D eigenvalue weighted by Gasteiger charge is -2.09. The summed E-state index contributed by atoms with van der Waals surface area (Å²) < 4.78 is 17.0. The molecule has 98 valence electrons. The highest BCUT2D eigenvalue weighted by molar-refractivity contribution is 7.88. The molecule has 0 unspecified atom stereocenters. The van der Waals surface area contributed by atoms with Crippen LogP contribution < -0.4 is 0 Å². The van der Waals surface area contributed by atoms with E-state index < -0.39 is 10.8 Å². The van der Waals surface area contributed by atoms with E-state index >= 15 is 0 Å².